The van der Waals surface area contributed by atoms with Crippen molar-refractivity contribution in [1.29, 1.82) is 0 Å². The average Bonchev–Trinajstić information content (AvgIpc) is 2.63. The summed E-state index contributed by atoms with van der Waals surface area (Å²) in [4.78, 5) is 38.5. The zero-order chi connectivity index (χ0) is 19.3. The van der Waals surface area contributed by atoms with Gasteiger partial charge in [0, 0.05) is 37.7 Å². The Balaban J connectivity index is 1.95. The van der Waals surface area contributed by atoms with Crippen molar-refractivity contribution in [2.24, 2.45) is 11.8 Å². The van der Waals surface area contributed by atoms with E-state index in [1.165, 1.54) is 16.8 Å². The van der Waals surface area contributed by atoms with Crippen LogP contribution in [0.15, 0.2) is 16.9 Å². The van der Waals surface area contributed by atoms with Gasteiger partial charge in [0.25, 0.3) is 11.5 Å². The lowest BCUT2D eigenvalue weighted by Crippen LogP contribution is -2.46. The van der Waals surface area contributed by atoms with Crippen LogP contribution in [-0.4, -0.2) is 45.6 Å². The number of aryl methyl sites for hydroxylation is 1. The topological polar surface area (TPSA) is 84.3 Å². The lowest BCUT2D eigenvalue weighted by Gasteiger charge is -2.32. The number of rotatable bonds is 6. The fourth-order valence-electron chi connectivity index (χ4n) is 2.95. The van der Waals surface area contributed by atoms with Gasteiger partial charge in [0.15, 0.2) is 0 Å². The van der Waals surface area contributed by atoms with Gasteiger partial charge < -0.3 is 10.2 Å². The first kappa shape index (κ1) is 20.1. The number of piperidine rings is 1. The van der Waals surface area contributed by atoms with Gasteiger partial charge in [0.2, 0.25) is 5.91 Å². The van der Waals surface area contributed by atoms with E-state index in [-0.39, 0.29) is 35.0 Å². The van der Waals surface area contributed by atoms with E-state index >= 15 is 0 Å². The third-order valence-electron chi connectivity index (χ3n) is 5.04. The van der Waals surface area contributed by atoms with E-state index in [9.17, 15) is 14.4 Å². The first-order valence-electron chi connectivity index (χ1n) is 9.51. The first-order valence-corrected chi connectivity index (χ1v) is 9.51. The molecule has 1 aliphatic rings. The second-order valence-electron chi connectivity index (χ2n) is 7.39. The Morgan fingerprint density at radius 1 is 1.23 bits per heavy atom. The molecule has 0 saturated carbocycles. The number of hydrogen-bond donors (Lipinski definition) is 1. The highest BCUT2D eigenvalue weighted by atomic mass is 16.2. The van der Waals surface area contributed by atoms with Crippen LogP contribution >= 0.6 is 0 Å². The van der Waals surface area contributed by atoms with Gasteiger partial charge in [0.1, 0.15) is 5.69 Å². The fraction of sp³-hybridized carbons (Fsp3) is 0.684. The molecule has 0 aromatic carbocycles. The van der Waals surface area contributed by atoms with Crippen molar-refractivity contribution in [2.75, 3.05) is 13.1 Å². The molecule has 1 atom stereocenters. The normalized spacial score (nSPS) is 16.6. The van der Waals surface area contributed by atoms with E-state index in [2.05, 4.69) is 24.3 Å². The van der Waals surface area contributed by atoms with E-state index < -0.39 is 0 Å². The molecular weight excluding hydrogens is 332 g/mol. The molecule has 7 heteroatoms. The van der Waals surface area contributed by atoms with Crippen molar-refractivity contribution in [1.82, 2.24) is 20.0 Å². The molecule has 0 aliphatic carbocycles. The van der Waals surface area contributed by atoms with Crippen molar-refractivity contribution < 1.29 is 9.59 Å². The molecule has 26 heavy (non-hydrogen) atoms. The molecule has 1 aliphatic heterocycles. The second-order valence-corrected chi connectivity index (χ2v) is 7.39. The van der Waals surface area contributed by atoms with Gasteiger partial charge in [-0.2, -0.15) is 5.10 Å². The number of hydrogen-bond acceptors (Lipinski definition) is 4. The van der Waals surface area contributed by atoms with Gasteiger partial charge in [-0.1, -0.05) is 20.8 Å². The number of likely N-dealkylation sites (tertiary alicyclic amines) is 1. The van der Waals surface area contributed by atoms with Crippen LogP contribution in [-0.2, 0) is 11.3 Å². The van der Waals surface area contributed by atoms with Crippen LogP contribution < -0.4 is 10.9 Å². The number of carbonyl (C=O) groups is 2. The highest BCUT2D eigenvalue weighted by Crippen LogP contribution is 2.19. The predicted octanol–water partition coefficient (Wildman–Crippen LogP) is 1.67. The van der Waals surface area contributed by atoms with Crippen molar-refractivity contribution in [3.63, 3.8) is 0 Å². The van der Waals surface area contributed by atoms with Crippen LogP contribution in [0.1, 0.15) is 57.4 Å². The monoisotopic (exact) mass is 362 g/mol. The molecule has 0 bridgehead atoms. The standard InChI is InChI=1S/C19H30N4O3/c1-5-10-23-17(24)7-6-16(21-23)19(26)22-11-8-15(9-12-22)18(25)20-14(4)13(2)3/h6-7,13-15H,5,8-12H2,1-4H3,(H,20,25). The second kappa shape index (κ2) is 8.96. The van der Waals surface area contributed by atoms with Crippen molar-refractivity contribution in [2.45, 2.75) is 59.5 Å². The van der Waals surface area contributed by atoms with E-state index in [1.807, 2.05) is 13.8 Å². The Kier molecular flexibility index (Phi) is 6.94. The maximum Gasteiger partial charge on any atom is 0.274 e. The van der Waals surface area contributed by atoms with E-state index in [1.54, 1.807) is 4.90 Å². The molecule has 0 spiro atoms. The molecule has 2 amide bonds. The van der Waals surface area contributed by atoms with Gasteiger partial charge in [-0.05, 0) is 38.2 Å². The quantitative estimate of drug-likeness (QED) is 0.834. The number of carbonyl (C=O) groups excluding carboxylic acids is 2. The lowest BCUT2D eigenvalue weighted by atomic mass is 9.94. The molecule has 1 N–H and O–H groups in total. The largest absolute Gasteiger partial charge is 0.353 e. The Hall–Kier alpha value is -2.18. The molecule has 2 rings (SSSR count). The summed E-state index contributed by atoms with van der Waals surface area (Å²) in [6.45, 7) is 9.68. The van der Waals surface area contributed by atoms with Gasteiger partial charge in [0.05, 0.1) is 0 Å². The van der Waals surface area contributed by atoms with E-state index in [4.69, 9.17) is 0 Å². The molecule has 1 saturated heterocycles. The molecule has 1 aromatic rings. The highest BCUT2D eigenvalue weighted by molar-refractivity contribution is 5.92. The molecule has 1 aromatic heterocycles. The van der Waals surface area contributed by atoms with Crippen molar-refractivity contribution in [3.05, 3.63) is 28.2 Å². The highest BCUT2D eigenvalue weighted by Gasteiger charge is 2.29. The summed E-state index contributed by atoms with van der Waals surface area (Å²) >= 11 is 0. The number of nitrogens with zero attached hydrogens (tertiary/aromatic N) is 3. The maximum absolute atomic E-state index is 12.7. The Bertz CT molecular complexity index is 690. The third kappa shape index (κ3) is 4.93. The van der Waals surface area contributed by atoms with Crippen LogP contribution in [0, 0.1) is 11.8 Å². The van der Waals surface area contributed by atoms with Crippen LogP contribution in [0.4, 0.5) is 0 Å². The smallest absolute Gasteiger partial charge is 0.274 e. The van der Waals surface area contributed by atoms with Crippen LogP contribution in [0.25, 0.3) is 0 Å². The summed E-state index contributed by atoms with van der Waals surface area (Å²) in [5.41, 5.74) is 0.0902. The van der Waals surface area contributed by atoms with Crippen LogP contribution in [0.5, 0.6) is 0 Å². The molecule has 7 nitrogen and oxygen atoms in total. The van der Waals surface area contributed by atoms with Crippen molar-refractivity contribution in [3.8, 4) is 0 Å². The minimum Gasteiger partial charge on any atom is -0.353 e. The fourth-order valence-corrected chi connectivity index (χ4v) is 2.95. The average molecular weight is 362 g/mol. The summed E-state index contributed by atoms with van der Waals surface area (Å²) in [6, 6.07) is 3.02. The van der Waals surface area contributed by atoms with Gasteiger partial charge in [-0.25, -0.2) is 4.68 Å². The number of amides is 2. The van der Waals surface area contributed by atoms with E-state index in [0.717, 1.165) is 6.42 Å². The lowest BCUT2D eigenvalue weighted by molar-refractivity contribution is -0.127. The molecule has 144 valence electrons. The summed E-state index contributed by atoms with van der Waals surface area (Å²) < 4.78 is 1.33. The number of nitrogens with one attached hydrogen (secondary N) is 1. The van der Waals surface area contributed by atoms with E-state index in [0.29, 0.717) is 38.4 Å². The molecular formula is C19H30N4O3. The zero-order valence-corrected chi connectivity index (χ0v) is 16.2. The maximum atomic E-state index is 12.7. The molecule has 1 unspecified atom stereocenters. The third-order valence-corrected chi connectivity index (χ3v) is 5.04. The van der Waals surface area contributed by atoms with Crippen molar-refractivity contribution >= 4 is 11.8 Å². The molecule has 2 heterocycles. The summed E-state index contributed by atoms with van der Waals surface area (Å²) in [5, 5.41) is 7.24. The van der Waals surface area contributed by atoms with Crippen LogP contribution in [0.2, 0.25) is 0 Å². The zero-order valence-electron chi connectivity index (χ0n) is 16.2. The SMILES string of the molecule is CCCn1nc(C(=O)N2CCC(C(=O)NC(C)C(C)C)CC2)ccc1=O. The van der Waals surface area contributed by atoms with Gasteiger partial charge >= 0.3 is 0 Å². The minimum atomic E-state index is -0.196. The Morgan fingerprint density at radius 2 is 1.88 bits per heavy atom. The number of aromatic nitrogens is 2. The predicted molar refractivity (Wildman–Crippen MR) is 99.9 cm³/mol. The first-order chi connectivity index (χ1) is 12.3. The summed E-state index contributed by atoms with van der Waals surface area (Å²) in [7, 11) is 0. The molecule has 1 fully saturated rings. The van der Waals surface area contributed by atoms with Gasteiger partial charge in [-0.3, -0.25) is 14.4 Å². The summed E-state index contributed by atoms with van der Waals surface area (Å²) in [6.07, 6.45) is 2.08. The van der Waals surface area contributed by atoms with Gasteiger partial charge in [-0.15, -0.1) is 0 Å². The Labute approximate surface area is 154 Å². The Morgan fingerprint density at radius 3 is 2.46 bits per heavy atom. The summed E-state index contributed by atoms with van der Waals surface area (Å²) in [5.74, 6) is 0.241. The molecule has 0 radical (unpaired) electrons. The minimum absolute atomic E-state index is 0.0535. The van der Waals surface area contributed by atoms with Crippen LogP contribution in [0.3, 0.4) is 0 Å².